The standard InChI is InChI=1S/C10H12F2N2O3/c11-8(12)6-17-5-4-13-10(16)7-2-1-3-9(15)14-7/h1-3,8H,4-6H2,(H,13,16)(H,14,15). The molecule has 0 saturated heterocycles. The maximum absolute atomic E-state index is 11.7. The van der Waals surface area contributed by atoms with Crippen molar-refractivity contribution in [1.29, 1.82) is 0 Å². The lowest BCUT2D eigenvalue weighted by molar-refractivity contribution is 0.0188. The van der Waals surface area contributed by atoms with Crippen molar-refractivity contribution in [2.24, 2.45) is 0 Å². The zero-order valence-corrected chi connectivity index (χ0v) is 8.91. The molecular formula is C10H12F2N2O3. The Hall–Kier alpha value is -1.76. The van der Waals surface area contributed by atoms with Crippen LogP contribution in [0.4, 0.5) is 8.78 Å². The van der Waals surface area contributed by atoms with Crippen LogP contribution in [0.25, 0.3) is 0 Å². The number of nitrogens with one attached hydrogen (secondary N) is 2. The molecule has 0 fully saturated rings. The van der Waals surface area contributed by atoms with E-state index in [9.17, 15) is 18.4 Å². The van der Waals surface area contributed by atoms with Gasteiger partial charge in [-0.05, 0) is 6.07 Å². The number of hydrogen-bond donors (Lipinski definition) is 2. The smallest absolute Gasteiger partial charge is 0.267 e. The first-order chi connectivity index (χ1) is 8.09. The molecule has 7 heteroatoms. The third kappa shape index (κ3) is 5.21. The number of aromatic nitrogens is 1. The molecule has 0 atom stereocenters. The molecule has 0 unspecified atom stereocenters. The van der Waals surface area contributed by atoms with Crippen molar-refractivity contribution < 1.29 is 18.3 Å². The maximum atomic E-state index is 11.7. The average Bonchev–Trinajstić information content (AvgIpc) is 2.28. The number of pyridine rings is 1. The fourth-order valence-electron chi connectivity index (χ4n) is 1.08. The van der Waals surface area contributed by atoms with E-state index < -0.39 is 18.9 Å². The van der Waals surface area contributed by atoms with Gasteiger partial charge in [0.2, 0.25) is 5.56 Å². The Bertz CT molecular complexity index is 420. The van der Waals surface area contributed by atoms with Crippen LogP contribution in [-0.4, -0.2) is 37.1 Å². The highest BCUT2D eigenvalue weighted by Crippen LogP contribution is 1.92. The topological polar surface area (TPSA) is 71.2 Å². The number of ether oxygens (including phenoxy) is 1. The van der Waals surface area contributed by atoms with Crippen LogP contribution in [0.15, 0.2) is 23.0 Å². The van der Waals surface area contributed by atoms with Crippen LogP contribution in [0, 0.1) is 0 Å². The second-order valence-corrected chi connectivity index (χ2v) is 3.15. The predicted octanol–water partition coefficient (Wildman–Crippen LogP) is 0.386. The normalized spacial score (nSPS) is 10.5. The van der Waals surface area contributed by atoms with E-state index in [1.807, 2.05) is 0 Å². The van der Waals surface area contributed by atoms with Crippen LogP contribution in [0.1, 0.15) is 10.5 Å². The fourth-order valence-corrected chi connectivity index (χ4v) is 1.08. The van der Waals surface area contributed by atoms with Crippen molar-refractivity contribution in [3.63, 3.8) is 0 Å². The third-order valence-corrected chi connectivity index (χ3v) is 1.79. The number of H-pyrrole nitrogens is 1. The summed E-state index contributed by atoms with van der Waals surface area (Å²) in [4.78, 5) is 24.6. The van der Waals surface area contributed by atoms with Crippen LogP contribution in [0.2, 0.25) is 0 Å². The van der Waals surface area contributed by atoms with Crippen LogP contribution in [0.3, 0.4) is 0 Å². The lowest BCUT2D eigenvalue weighted by Crippen LogP contribution is -2.29. The molecule has 1 rings (SSSR count). The minimum absolute atomic E-state index is 0.00680. The Morgan fingerprint density at radius 1 is 1.47 bits per heavy atom. The van der Waals surface area contributed by atoms with E-state index >= 15 is 0 Å². The van der Waals surface area contributed by atoms with E-state index in [1.54, 1.807) is 0 Å². The summed E-state index contributed by atoms with van der Waals surface area (Å²) in [5.74, 6) is -0.483. The van der Waals surface area contributed by atoms with Gasteiger partial charge in [0, 0.05) is 12.6 Å². The SMILES string of the molecule is O=C(NCCOCC(F)F)c1cccc(=O)[nH]1. The number of hydrogen-bond acceptors (Lipinski definition) is 3. The molecule has 1 amide bonds. The summed E-state index contributed by atoms with van der Waals surface area (Å²) in [6.07, 6.45) is -2.52. The first-order valence-electron chi connectivity index (χ1n) is 4.93. The van der Waals surface area contributed by atoms with Crippen molar-refractivity contribution in [3.8, 4) is 0 Å². The summed E-state index contributed by atoms with van der Waals surface area (Å²) >= 11 is 0. The Balaban J connectivity index is 2.28. The van der Waals surface area contributed by atoms with Gasteiger partial charge >= 0.3 is 0 Å². The Kier molecular flexibility index (Phi) is 5.28. The highest BCUT2D eigenvalue weighted by molar-refractivity contribution is 5.92. The summed E-state index contributed by atoms with van der Waals surface area (Å²) in [5.41, 5.74) is -0.266. The molecule has 17 heavy (non-hydrogen) atoms. The lowest BCUT2D eigenvalue weighted by Gasteiger charge is -2.05. The molecule has 0 bridgehead atoms. The van der Waals surface area contributed by atoms with Crippen molar-refractivity contribution >= 4 is 5.91 Å². The van der Waals surface area contributed by atoms with Crippen molar-refractivity contribution in [1.82, 2.24) is 10.3 Å². The summed E-state index contributed by atoms with van der Waals surface area (Å²) in [7, 11) is 0. The van der Waals surface area contributed by atoms with E-state index in [0.29, 0.717) is 0 Å². The molecule has 1 aromatic rings. The summed E-state index contributed by atoms with van der Waals surface area (Å²) < 4.78 is 27.9. The fraction of sp³-hybridized carbons (Fsp3) is 0.400. The minimum atomic E-state index is -2.52. The number of rotatable bonds is 6. The van der Waals surface area contributed by atoms with E-state index in [-0.39, 0.29) is 24.4 Å². The monoisotopic (exact) mass is 246 g/mol. The molecule has 0 aromatic carbocycles. The molecular weight excluding hydrogens is 234 g/mol. The first-order valence-corrected chi connectivity index (χ1v) is 4.93. The van der Waals surface area contributed by atoms with Gasteiger partial charge in [-0.2, -0.15) is 0 Å². The van der Waals surface area contributed by atoms with Gasteiger partial charge in [0.1, 0.15) is 12.3 Å². The van der Waals surface area contributed by atoms with Crippen molar-refractivity contribution in [2.45, 2.75) is 6.43 Å². The molecule has 0 spiro atoms. The molecule has 0 aliphatic rings. The van der Waals surface area contributed by atoms with Crippen molar-refractivity contribution in [2.75, 3.05) is 19.8 Å². The quantitative estimate of drug-likeness (QED) is 0.713. The minimum Gasteiger partial charge on any atom is -0.374 e. The van der Waals surface area contributed by atoms with Crippen LogP contribution < -0.4 is 10.9 Å². The highest BCUT2D eigenvalue weighted by atomic mass is 19.3. The predicted molar refractivity (Wildman–Crippen MR) is 56.2 cm³/mol. The second-order valence-electron chi connectivity index (χ2n) is 3.15. The van der Waals surface area contributed by atoms with Gasteiger partial charge in [0.05, 0.1) is 6.61 Å². The number of aromatic amines is 1. The van der Waals surface area contributed by atoms with E-state index in [4.69, 9.17) is 0 Å². The molecule has 2 N–H and O–H groups in total. The molecule has 0 radical (unpaired) electrons. The zero-order valence-electron chi connectivity index (χ0n) is 8.91. The van der Waals surface area contributed by atoms with Gasteiger partial charge in [0.15, 0.2) is 0 Å². The van der Waals surface area contributed by atoms with Gasteiger partial charge in [-0.15, -0.1) is 0 Å². The number of amides is 1. The Labute approximate surface area is 95.8 Å². The third-order valence-electron chi connectivity index (χ3n) is 1.79. The average molecular weight is 246 g/mol. The number of alkyl halides is 2. The number of halogens is 2. The van der Waals surface area contributed by atoms with E-state index in [2.05, 4.69) is 15.0 Å². The molecule has 0 aliphatic carbocycles. The molecule has 0 saturated carbocycles. The van der Waals surface area contributed by atoms with E-state index in [1.165, 1.54) is 18.2 Å². The maximum Gasteiger partial charge on any atom is 0.267 e. The Morgan fingerprint density at radius 2 is 2.24 bits per heavy atom. The largest absolute Gasteiger partial charge is 0.374 e. The van der Waals surface area contributed by atoms with Gasteiger partial charge < -0.3 is 15.0 Å². The van der Waals surface area contributed by atoms with Gasteiger partial charge in [0.25, 0.3) is 12.3 Å². The molecule has 1 heterocycles. The van der Waals surface area contributed by atoms with Crippen LogP contribution in [0.5, 0.6) is 0 Å². The molecule has 1 aromatic heterocycles. The van der Waals surface area contributed by atoms with Gasteiger partial charge in [-0.1, -0.05) is 6.07 Å². The molecule has 94 valence electrons. The first kappa shape index (κ1) is 13.3. The zero-order chi connectivity index (χ0) is 12.7. The van der Waals surface area contributed by atoms with E-state index in [0.717, 1.165) is 0 Å². The number of carbonyl (C=O) groups is 1. The lowest BCUT2D eigenvalue weighted by atomic mass is 10.3. The van der Waals surface area contributed by atoms with Gasteiger partial charge in [-0.25, -0.2) is 8.78 Å². The Morgan fingerprint density at radius 3 is 2.88 bits per heavy atom. The van der Waals surface area contributed by atoms with Crippen molar-refractivity contribution in [3.05, 3.63) is 34.2 Å². The van der Waals surface area contributed by atoms with Gasteiger partial charge in [-0.3, -0.25) is 9.59 Å². The summed E-state index contributed by atoms with van der Waals surface area (Å²) in [5, 5.41) is 2.42. The summed E-state index contributed by atoms with van der Waals surface area (Å²) in [6, 6.07) is 4.17. The second kappa shape index (κ2) is 6.74. The highest BCUT2D eigenvalue weighted by Gasteiger charge is 2.05. The van der Waals surface area contributed by atoms with Crippen LogP contribution in [-0.2, 0) is 4.74 Å². The molecule has 0 aliphatic heterocycles. The molecule has 5 nitrogen and oxygen atoms in total. The van der Waals surface area contributed by atoms with Crippen LogP contribution >= 0.6 is 0 Å². The summed E-state index contributed by atoms with van der Waals surface area (Å²) in [6.45, 7) is -0.562. The number of carbonyl (C=O) groups excluding carboxylic acids is 1.